The second kappa shape index (κ2) is 5.73. The summed E-state index contributed by atoms with van der Waals surface area (Å²) >= 11 is 0. The van der Waals surface area contributed by atoms with E-state index < -0.39 is 0 Å². The topological polar surface area (TPSA) is 34.0 Å². The van der Waals surface area contributed by atoms with Gasteiger partial charge in [0.2, 0.25) is 0 Å². The first-order valence-corrected chi connectivity index (χ1v) is 6.81. The van der Waals surface area contributed by atoms with E-state index in [0.717, 1.165) is 5.69 Å². The zero-order valence-electron chi connectivity index (χ0n) is 12.8. The second-order valence-corrected chi connectivity index (χ2v) is 6.31. The normalized spacial score (nSPS) is 11.8. The van der Waals surface area contributed by atoms with E-state index in [1.807, 2.05) is 23.0 Å². The van der Waals surface area contributed by atoms with E-state index in [1.165, 1.54) is 16.6 Å². The minimum absolute atomic E-state index is 0. The van der Waals surface area contributed by atoms with Gasteiger partial charge in [0.05, 0.1) is 0 Å². The molecule has 4 rings (SSSR count). The third kappa shape index (κ3) is 2.45. The summed E-state index contributed by atoms with van der Waals surface area (Å²) in [7, 11) is 0. The Morgan fingerprint density at radius 1 is 0.909 bits per heavy atom. The van der Waals surface area contributed by atoms with E-state index in [4.69, 9.17) is 0 Å². The number of aromatic nitrogens is 3. The molecule has 2 heterocycles. The Morgan fingerprint density at radius 3 is 1.95 bits per heavy atom. The Balaban J connectivity index is 0.000000882. The van der Waals surface area contributed by atoms with Gasteiger partial charge in [-0.1, -0.05) is 39.0 Å². The van der Waals surface area contributed by atoms with Crippen LogP contribution >= 0.6 is 0 Å². The monoisotopic (exact) mass is 556 g/mol. The summed E-state index contributed by atoms with van der Waals surface area (Å²) in [5.74, 6) is 0.304. The summed E-state index contributed by atoms with van der Waals surface area (Å²) in [6, 6.07) is 14.0. The van der Waals surface area contributed by atoms with Gasteiger partial charge in [0.15, 0.2) is 0 Å². The fourth-order valence-corrected chi connectivity index (χ4v) is 2.65. The van der Waals surface area contributed by atoms with Crippen LogP contribution in [0, 0.1) is 31.1 Å². The average molecular weight is 556 g/mol. The zero-order chi connectivity index (χ0) is 14.1. The molecule has 0 amide bonds. The van der Waals surface area contributed by atoms with Crippen molar-refractivity contribution in [3.05, 3.63) is 48.0 Å². The Kier molecular flexibility index (Phi) is 4.59. The van der Waals surface area contributed by atoms with Gasteiger partial charge < -0.3 is 5.11 Å². The number of phenolic OH excluding ortho intramolecular Hbond substituents is 1. The summed E-state index contributed by atoms with van der Waals surface area (Å²) in [5, 5.41) is 10.2. The molecule has 0 aliphatic carbocycles. The predicted molar refractivity (Wildman–Crippen MR) is 79.2 cm³/mol. The van der Waals surface area contributed by atoms with Crippen LogP contribution < -0.4 is 0 Å². The third-order valence-electron chi connectivity index (χ3n) is 3.88. The number of rotatable bonds is 1. The smallest absolute Gasteiger partial charge is 0.143 e. The first-order chi connectivity index (χ1) is 9.48. The molecule has 22 heavy (non-hydrogen) atoms. The molecule has 2 aromatic carbocycles. The first-order valence-electron chi connectivity index (χ1n) is 6.81. The van der Waals surface area contributed by atoms with E-state index in [9.17, 15) is 5.11 Å². The maximum Gasteiger partial charge on any atom is 0.143 e. The number of para-hydroxylation sites is 2. The predicted octanol–water partition coefficient (Wildman–Crippen LogP) is 3.42. The third-order valence-corrected chi connectivity index (χ3v) is 3.88. The van der Waals surface area contributed by atoms with Crippen LogP contribution in [-0.2, 0) is 24.0 Å². The number of phenols is 1. The largest absolute Gasteiger partial charge is 0.506 e. The van der Waals surface area contributed by atoms with E-state index in [0.29, 0.717) is 5.75 Å². The quantitative estimate of drug-likeness (QED) is 0.384. The molecular weight excluding hydrogens is 539 g/mol. The van der Waals surface area contributed by atoms with Gasteiger partial charge in [-0.2, -0.15) is 0 Å². The van der Waals surface area contributed by atoms with Gasteiger partial charge in [-0.25, -0.2) is 0 Å². The van der Waals surface area contributed by atoms with Crippen LogP contribution in [0.2, 0.25) is 0 Å². The molecule has 0 fully saturated rings. The van der Waals surface area contributed by atoms with Gasteiger partial charge in [0.1, 0.15) is 22.5 Å². The average Bonchev–Trinajstić information content (AvgIpc) is 3.04. The van der Waals surface area contributed by atoms with Crippen molar-refractivity contribution in [1.82, 2.24) is 14.1 Å². The van der Waals surface area contributed by atoms with E-state index >= 15 is 0 Å². The SMILES string of the molecule is CC(C)(C)c1ccc(O)c(-n2n3c4ccccc4n23)c1.[U].[V]. The molecular formula is C16H17N3OUV. The molecule has 1 radical (unpaired) electrons. The molecule has 1 N–H and O–H groups in total. The summed E-state index contributed by atoms with van der Waals surface area (Å²) < 4.78 is 4.10. The van der Waals surface area contributed by atoms with Crippen LogP contribution in [0.1, 0.15) is 26.3 Å². The number of benzene rings is 2. The number of aromatic hydroxyl groups is 1. The van der Waals surface area contributed by atoms with Crippen molar-refractivity contribution >= 4 is 11.0 Å². The van der Waals surface area contributed by atoms with Crippen molar-refractivity contribution in [2.24, 2.45) is 0 Å². The zero-order valence-corrected chi connectivity index (χ0v) is 18.3. The molecule has 111 valence electrons. The fraction of sp³-hybridized carbons (Fsp3) is 0.250. The molecule has 0 spiro atoms. The van der Waals surface area contributed by atoms with Crippen LogP contribution in [0.25, 0.3) is 16.7 Å². The van der Waals surface area contributed by atoms with Gasteiger partial charge in [0, 0.05) is 49.7 Å². The summed E-state index contributed by atoms with van der Waals surface area (Å²) in [6.45, 7) is 6.53. The van der Waals surface area contributed by atoms with Crippen LogP contribution in [-0.4, -0.2) is 19.2 Å². The maximum atomic E-state index is 10.2. The van der Waals surface area contributed by atoms with Crippen molar-refractivity contribution in [2.75, 3.05) is 0 Å². The number of hydrogen-bond acceptors (Lipinski definition) is 1. The van der Waals surface area contributed by atoms with Gasteiger partial charge in [0.25, 0.3) is 0 Å². The number of hydrogen-bond donors (Lipinski definition) is 1. The van der Waals surface area contributed by atoms with E-state index in [1.54, 1.807) is 6.07 Å². The van der Waals surface area contributed by atoms with Crippen LogP contribution in [0.15, 0.2) is 42.5 Å². The fourth-order valence-electron chi connectivity index (χ4n) is 2.65. The summed E-state index contributed by atoms with van der Waals surface area (Å²) in [4.78, 5) is 2.00. The van der Waals surface area contributed by atoms with Crippen LogP contribution in [0.4, 0.5) is 0 Å². The number of fused-ring (bicyclic) bond motifs is 4. The summed E-state index contributed by atoms with van der Waals surface area (Å²) in [6.07, 6.45) is 0. The molecule has 6 heteroatoms. The van der Waals surface area contributed by atoms with Crippen molar-refractivity contribution in [2.45, 2.75) is 26.2 Å². The maximum absolute atomic E-state index is 10.2. The molecule has 4 nitrogen and oxygen atoms in total. The van der Waals surface area contributed by atoms with Crippen molar-refractivity contribution in [3.8, 4) is 11.4 Å². The molecule has 2 aromatic heterocycles. The Labute approximate surface area is 164 Å². The van der Waals surface area contributed by atoms with Crippen LogP contribution in [0.5, 0.6) is 5.75 Å². The number of nitrogens with zero attached hydrogens (tertiary/aromatic N) is 3. The molecule has 0 bridgehead atoms. The Bertz CT molecular complexity index is 871. The van der Waals surface area contributed by atoms with Gasteiger partial charge in [-0.05, 0) is 35.2 Å². The van der Waals surface area contributed by atoms with Gasteiger partial charge in [-0.3, -0.25) is 0 Å². The molecule has 0 atom stereocenters. The molecule has 0 unspecified atom stereocenters. The Hall–Kier alpha value is -0.724. The van der Waals surface area contributed by atoms with E-state index in [2.05, 4.69) is 48.2 Å². The standard InChI is InChI=1S/C16H17N3O.U.V/c1-16(2,3)11-8-9-15(20)14(10-11)19-17-12-6-4-5-7-13(12)18(17)19;;/h4-10,20H,1-3H3;;. The molecule has 0 aliphatic heterocycles. The van der Waals surface area contributed by atoms with Crippen molar-refractivity contribution in [1.29, 1.82) is 0 Å². The van der Waals surface area contributed by atoms with Crippen LogP contribution in [0.3, 0.4) is 0 Å². The van der Waals surface area contributed by atoms with Crippen molar-refractivity contribution in [3.63, 3.8) is 0 Å². The Morgan fingerprint density at radius 2 is 1.45 bits per heavy atom. The van der Waals surface area contributed by atoms with Crippen molar-refractivity contribution < 1.29 is 54.8 Å². The minimum atomic E-state index is 0. The molecule has 4 aromatic rings. The summed E-state index contributed by atoms with van der Waals surface area (Å²) in [5.41, 5.74) is 4.45. The molecule has 0 saturated carbocycles. The minimum Gasteiger partial charge on any atom is -0.506 e. The molecule has 0 aliphatic rings. The van der Waals surface area contributed by atoms with E-state index in [-0.39, 0.29) is 55.1 Å². The first kappa shape index (κ1) is 17.6. The molecule has 0 saturated heterocycles. The second-order valence-electron chi connectivity index (χ2n) is 6.31. The van der Waals surface area contributed by atoms with Gasteiger partial charge in [-0.15, -0.1) is 14.1 Å². The van der Waals surface area contributed by atoms with Gasteiger partial charge >= 0.3 is 0 Å².